The van der Waals surface area contributed by atoms with Crippen LogP contribution in [-0.4, -0.2) is 12.1 Å². The number of urea groups is 1. The quantitative estimate of drug-likeness (QED) is 0.794. The Labute approximate surface area is 138 Å². The highest BCUT2D eigenvalue weighted by molar-refractivity contribution is 5.87. The molecule has 0 saturated heterocycles. The predicted molar refractivity (Wildman–Crippen MR) is 92.0 cm³/mol. The number of anilines is 1. The number of amides is 2. The third-order valence-corrected chi connectivity index (χ3v) is 6.57. The van der Waals surface area contributed by atoms with E-state index in [1.807, 2.05) is 12.1 Å². The second-order valence-electron chi connectivity index (χ2n) is 7.76. The first-order chi connectivity index (χ1) is 11.1. The third kappa shape index (κ3) is 2.74. The van der Waals surface area contributed by atoms with Crippen molar-refractivity contribution in [1.82, 2.24) is 5.32 Å². The summed E-state index contributed by atoms with van der Waals surface area (Å²) in [6, 6.07) is 8.53. The zero-order valence-electron chi connectivity index (χ0n) is 13.8. The van der Waals surface area contributed by atoms with E-state index in [0.29, 0.717) is 12.1 Å². The standard InChI is InChI=1S/C19H27N3O/c1-11(12-5-7-14(8-6-12)22-19(20)23)21-18-10-13-9-17(18)16-4-2-3-15(13)16/h5-8,11,13,15-18,21H,2-4,9-10H2,1H3,(H3,20,22,23). The molecule has 3 aliphatic carbocycles. The van der Waals surface area contributed by atoms with Gasteiger partial charge in [0.15, 0.2) is 0 Å². The number of carbonyl (C=O) groups is 1. The van der Waals surface area contributed by atoms with Crippen molar-refractivity contribution < 1.29 is 4.79 Å². The molecule has 124 valence electrons. The van der Waals surface area contributed by atoms with E-state index in [1.54, 1.807) is 0 Å². The van der Waals surface area contributed by atoms with E-state index in [-0.39, 0.29) is 0 Å². The highest BCUT2D eigenvalue weighted by Crippen LogP contribution is 2.58. The Morgan fingerprint density at radius 2 is 1.87 bits per heavy atom. The number of fused-ring (bicyclic) bond motifs is 5. The molecule has 4 rings (SSSR count). The van der Waals surface area contributed by atoms with Crippen LogP contribution in [0.1, 0.15) is 50.6 Å². The SMILES string of the molecule is CC(NC1CC2CC1C1CCCC21)c1ccc(NC(N)=O)cc1. The Morgan fingerprint density at radius 3 is 2.61 bits per heavy atom. The monoisotopic (exact) mass is 313 g/mol. The lowest BCUT2D eigenvalue weighted by Gasteiger charge is -2.34. The number of benzene rings is 1. The molecule has 0 heterocycles. The first-order valence-corrected chi connectivity index (χ1v) is 9.04. The molecule has 2 bridgehead atoms. The van der Waals surface area contributed by atoms with Crippen LogP contribution in [0, 0.1) is 23.7 Å². The lowest BCUT2D eigenvalue weighted by molar-refractivity contribution is 0.200. The average Bonchev–Trinajstić information content (AvgIpc) is 3.19. The van der Waals surface area contributed by atoms with Crippen LogP contribution >= 0.6 is 0 Å². The van der Waals surface area contributed by atoms with Gasteiger partial charge in [0.1, 0.15) is 0 Å². The van der Waals surface area contributed by atoms with Gasteiger partial charge in [-0.3, -0.25) is 0 Å². The largest absolute Gasteiger partial charge is 0.351 e. The minimum atomic E-state index is -0.517. The van der Waals surface area contributed by atoms with Gasteiger partial charge in [-0.05, 0) is 74.0 Å². The molecule has 0 spiro atoms. The highest BCUT2D eigenvalue weighted by Gasteiger charge is 2.53. The van der Waals surface area contributed by atoms with Gasteiger partial charge >= 0.3 is 6.03 Å². The molecule has 1 aromatic carbocycles. The number of primary amides is 1. The molecule has 6 atom stereocenters. The number of hydrogen-bond acceptors (Lipinski definition) is 2. The van der Waals surface area contributed by atoms with Crippen molar-refractivity contribution in [3.05, 3.63) is 29.8 Å². The lowest BCUT2D eigenvalue weighted by Crippen LogP contribution is -2.40. The van der Waals surface area contributed by atoms with E-state index < -0.39 is 6.03 Å². The smallest absolute Gasteiger partial charge is 0.316 e. The van der Waals surface area contributed by atoms with E-state index in [0.717, 1.165) is 29.4 Å². The molecule has 0 aromatic heterocycles. The van der Waals surface area contributed by atoms with Gasteiger partial charge < -0.3 is 16.4 Å². The third-order valence-electron chi connectivity index (χ3n) is 6.57. The fourth-order valence-electron chi connectivity index (χ4n) is 5.67. The second kappa shape index (κ2) is 5.82. The number of nitrogens with one attached hydrogen (secondary N) is 2. The average molecular weight is 313 g/mol. The molecule has 1 aromatic rings. The lowest BCUT2D eigenvalue weighted by atomic mass is 9.79. The van der Waals surface area contributed by atoms with Crippen LogP contribution in [0.4, 0.5) is 10.5 Å². The van der Waals surface area contributed by atoms with Crippen molar-refractivity contribution in [3.8, 4) is 0 Å². The minimum absolute atomic E-state index is 0.349. The summed E-state index contributed by atoms with van der Waals surface area (Å²) in [5.74, 6) is 3.94. The van der Waals surface area contributed by atoms with E-state index in [9.17, 15) is 4.79 Å². The fourth-order valence-corrected chi connectivity index (χ4v) is 5.67. The maximum Gasteiger partial charge on any atom is 0.316 e. The highest BCUT2D eigenvalue weighted by atomic mass is 16.2. The second-order valence-corrected chi connectivity index (χ2v) is 7.76. The summed E-state index contributed by atoms with van der Waals surface area (Å²) in [4.78, 5) is 10.9. The van der Waals surface area contributed by atoms with Crippen molar-refractivity contribution in [1.29, 1.82) is 0 Å². The topological polar surface area (TPSA) is 67.2 Å². The van der Waals surface area contributed by atoms with Crippen molar-refractivity contribution >= 4 is 11.7 Å². The van der Waals surface area contributed by atoms with Crippen molar-refractivity contribution in [2.75, 3.05) is 5.32 Å². The Morgan fingerprint density at radius 1 is 1.13 bits per heavy atom. The van der Waals surface area contributed by atoms with Gasteiger partial charge in [-0.2, -0.15) is 0 Å². The van der Waals surface area contributed by atoms with E-state index >= 15 is 0 Å². The first kappa shape index (κ1) is 15.0. The van der Waals surface area contributed by atoms with Gasteiger partial charge in [0.2, 0.25) is 0 Å². The molecule has 0 aliphatic heterocycles. The maximum atomic E-state index is 10.9. The Kier molecular flexibility index (Phi) is 3.80. The Hall–Kier alpha value is -1.55. The summed E-state index contributed by atoms with van der Waals surface area (Å²) >= 11 is 0. The van der Waals surface area contributed by atoms with Crippen LogP contribution in [-0.2, 0) is 0 Å². The predicted octanol–water partition coefficient (Wildman–Crippen LogP) is 3.65. The summed E-state index contributed by atoms with van der Waals surface area (Å²) < 4.78 is 0. The van der Waals surface area contributed by atoms with E-state index in [4.69, 9.17) is 5.73 Å². The summed E-state index contributed by atoms with van der Waals surface area (Å²) in [6.07, 6.45) is 7.24. The zero-order chi connectivity index (χ0) is 16.0. The van der Waals surface area contributed by atoms with Crippen LogP contribution in [0.25, 0.3) is 0 Å². The summed E-state index contributed by atoms with van der Waals surface area (Å²) in [7, 11) is 0. The number of rotatable bonds is 4. The summed E-state index contributed by atoms with van der Waals surface area (Å²) in [5, 5.41) is 6.50. The van der Waals surface area contributed by atoms with Gasteiger partial charge in [0, 0.05) is 17.8 Å². The molecule has 3 saturated carbocycles. The van der Waals surface area contributed by atoms with Gasteiger partial charge in [0.05, 0.1) is 0 Å². The van der Waals surface area contributed by atoms with Crippen LogP contribution in [0.5, 0.6) is 0 Å². The van der Waals surface area contributed by atoms with Gasteiger partial charge in [-0.1, -0.05) is 18.6 Å². The van der Waals surface area contributed by atoms with Crippen LogP contribution in [0.2, 0.25) is 0 Å². The molecule has 2 amide bonds. The molecule has 0 radical (unpaired) electrons. The maximum absolute atomic E-state index is 10.9. The zero-order valence-corrected chi connectivity index (χ0v) is 13.8. The van der Waals surface area contributed by atoms with Gasteiger partial charge in [-0.15, -0.1) is 0 Å². The van der Waals surface area contributed by atoms with Crippen molar-refractivity contribution in [2.45, 2.75) is 51.1 Å². The summed E-state index contributed by atoms with van der Waals surface area (Å²) in [6.45, 7) is 2.24. The van der Waals surface area contributed by atoms with Gasteiger partial charge in [-0.25, -0.2) is 4.79 Å². The molecule has 3 fully saturated rings. The Balaban J connectivity index is 1.38. The molecule has 23 heavy (non-hydrogen) atoms. The molecule has 6 unspecified atom stereocenters. The van der Waals surface area contributed by atoms with Crippen LogP contribution in [0.3, 0.4) is 0 Å². The van der Waals surface area contributed by atoms with E-state index in [2.05, 4.69) is 29.7 Å². The Bertz CT molecular complexity index is 585. The molecule has 4 heteroatoms. The fraction of sp³-hybridized carbons (Fsp3) is 0.632. The molecule has 4 N–H and O–H groups in total. The van der Waals surface area contributed by atoms with Gasteiger partial charge in [0.25, 0.3) is 0 Å². The minimum Gasteiger partial charge on any atom is -0.351 e. The number of carbonyl (C=O) groups excluding carboxylic acids is 1. The van der Waals surface area contributed by atoms with Crippen LogP contribution in [0.15, 0.2) is 24.3 Å². The molecular weight excluding hydrogens is 286 g/mol. The molecular formula is C19H27N3O. The molecule has 3 aliphatic rings. The molecule has 4 nitrogen and oxygen atoms in total. The van der Waals surface area contributed by atoms with Crippen molar-refractivity contribution in [2.24, 2.45) is 29.4 Å². The normalized spacial score (nSPS) is 36.0. The first-order valence-electron chi connectivity index (χ1n) is 9.04. The van der Waals surface area contributed by atoms with E-state index in [1.165, 1.54) is 37.7 Å². The number of hydrogen-bond donors (Lipinski definition) is 3. The van der Waals surface area contributed by atoms with Crippen LogP contribution < -0.4 is 16.4 Å². The van der Waals surface area contributed by atoms with Crippen molar-refractivity contribution in [3.63, 3.8) is 0 Å². The summed E-state index contributed by atoms with van der Waals surface area (Å²) in [5.41, 5.74) is 7.17. The number of nitrogens with two attached hydrogens (primary N) is 1.